The van der Waals surface area contributed by atoms with E-state index in [9.17, 15) is 9.18 Å². The number of carbonyl (C=O) groups excluding carboxylic acids is 1. The van der Waals surface area contributed by atoms with Crippen LogP contribution in [-0.4, -0.2) is 30.3 Å². The lowest BCUT2D eigenvalue weighted by atomic mass is 10.2. The van der Waals surface area contributed by atoms with Gasteiger partial charge in [-0.15, -0.1) is 11.8 Å². The Morgan fingerprint density at radius 1 is 1.43 bits per heavy atom. The maximum absolute atomic E-state index is 11.8. The fraction of sp³-hybridized carbons (Fsp3) is 0.900. The van der Waals surface area contributed by atoms with Crippen molar-refractivity contribution in [2.75, 3.05) is 19.0 Å². The highest BCUT2D eigenvalue weighted by molar-refractivity contribution is 8.00. The Bertz CT molecular complexity index is 162. The summed E-state index contributed by atoms with van der Waals surface area (Å²) in [7, 11) is 0. The lowest BCUT2D eigenvalue weighted by Crippen LogP contribution is -2.19. The van der Waals surface area contributed by atoms with Gasteiger partial charge in [0, 0.05) is 0 Å². The van der Waals surface area contributed by atoms with Gasteiger partial charge in [0.2, 0.25) is 0 Å². The molecule has 0 fully saturated rings. The molecule has 0 heterocycles. The molecule has 0 aliphatic rings. The summed E-state index contributed by atoms with van der Waals surface area (Å²) < 4.78 is 16.8. The molecule has 0 aromatic heterocycles. The summed E-state index contributed by atoms with van der Waals surface area (Å²) >= 11 is 1.45. The van der Waals surface area contributed by atoms with Gasteiger partial charge in [-0.3, -0.25) is 9.18 Å². The van der Waals surface area contributed by atoms with Crippen LogP contribution < -0.4 is 0 Å². The number of hydrogen-bond donors (Lipinski definition) is 0. The highest BCUT2D eigenvalue weighted by atomic mass is 32.2. The lowest BCUT2D eigenvalue weighted by molar-refractivity contribution is -0.143. The summed E-state index contributed by atoms with van der Waals surface area (Å²) in [5.41, 5.74) is 0. The maximum Gasteiger partial charge on any atom is 0.318 e. The molecule has 0 aromatic rings. The molecule has 2 nitrogen and oxygen atoms in total. The van der Waals surface area contributed by atoms with Crippen molar-refractivity contribution < 1.29 is 13.9 Å². The first-order valence-corrected chi connectivity index (χ1v) is 5.97. The summed E-state index contributed by atoms with van der Waals surface area (Å²) in [6.45, 7) is 5.93. The Morgan fingerprint density at radius 3 is 2.57 bits per heavy atom. The first-order chi connectivity index (χ1) is 6.57. The number of halogens is 1. The summed E-state index contributed by atoms with van der Waals surface area (Å²) in [5.74, 6) is 0.846. The van der Waals surface area contributed by atoms with Gasteiger partial charge in [0.25, 0.3) is 0 Å². The average Bonchev–Trinajstić information content (AvgIpc) is 2.14. The van der Waals surface area contributed by atoms with Gasteiger partial charge in [0.05, 0.1) is 18.5 Å². The predicted octanol–water partition coefficient (Wildman–Crippen LogP) is 2.67. The minimum atomic E-state index is -0.319. The lowest BCUT2D eigenvalue weighted by Gasteiger charge is -2.11. The normalized spacial score (nSPS) is 12.9. The van der Waals surface area contributed by atoms with Gasteiger partial charge in [-0.05, 0) is 25.0 Å². The zero-order valence-corrected chi connectivity index (χ0v) is 9.90. The largest absolute Gasteiger partial charge is 0.465 e. The number of thioether (sulfide) groups is 1. The number of rotatable bonds is 7. The third kappa shape index (κ3) is 7.18. The van der Waals surface area contributed by atoms with Crippen LogP contribution in [0.3, 0.4) is 0 Å². The maximum atomic E-state index is 11.8. The van der Waals surface area contributed by atoms with Gasteiger partial charge in [-0.2, -0.15) is 0 Å². The molecule has 0 radical (unpaired) electrons. The minimum absolute atomic E-state index is 0.180. The molecule has 1 atom stereocenters. The van der Waals surface area contributed by atoms with Gasteiger partial charge in [0.1, 0.15) is 0 Å². The second kappa shape index (κ2) is 8.09. The SMILES string of the molecule is CC(C)COC(=O)C(C)SCCCF. The number of esters is 1. The molecule has 0 amide bonds. The topological polar surface area (TPSA) is 26.3 Å². The smallest absolute Gasteiger partial charge is 0.318 e. The van der Waals surface area contributed by atoms with Crippen LogP contribution in [0, 0.1) is 5.92 Å². The van der Waals surface area contributed by atoms with Crippen LogP contribution in [-0.2, 0) is 9.53 Å². The van der Waals surface area contributed by atoms with Gasteiger partial charge in [-0.25, -0.2) is 0 Å². The Balaban J connectivity index is 3.54. The molecule has 0 aromatic carbocycles. The van der Waals surface area contributed by atoms with Crippen molar-refractivity contribution in [3.63, 3.8) is 0 Å². The van der Waals surface area contributed by atoms with Crippen LogP contribution >= 0.6 is 11.8 Å². The summed E-state index contributed by atoms with van der Waals surface area (Å²) in [4.78, 5) is 11.3. The highest BCUT2D eigenvalue weighted by Gasteiger charge is 2.14. The van der Waals surface area contributed by atoms with Crippen LogP contribution in [0.15, 0.2) is 0 Å². The second-order valence-corrected chi connectivity index (χ2v) is 5.03. The van der Waals surface area contributed by atoms with Crippen LogP contribution in [0.4, 0.5) is 4.39 Å². The molecule has 0 aliphatic heterocycles. The summed E-state index contributed by atoms with van der Waals surface area (Å²) in [6, 6.07) is 0. The molecule has 84 valence electrons. The first kappa shape index (κ1) is 13.8. The first-order valence-electron chi connectivity index (χ1n) is 4.92. The van der Waals surface area contributed by atoms with E-state index in [4.69, 9.17) is 4.74 Å². The Hall–Kier alpha value is -0.250. The molecular formula is C10H19FO2S. The molecule has 0 saturated carbocycles. The molecule has 0 spiro atoms. The third-order valence-electron chi connectivity index (χ3n) is 1.54. The van der Waals surface area contributed by atoms with Crippen LogP contribution in [0.5, 0.6) is 0 Å². The molecule has 0 rings (SSSR count). The van der Waals surface area contributed by atoms with Crippen molar-refractivity contribution >= 4 is 17.7 Å². The van der Waals surface area contributed by atoms with Gasteiger partial charge >= 0.3 is 5.97 Å². The summed E-state index contributed by atoms with van der Waals surface area (Å²) in [6.07, 6.45) is 0.506. The van der Waals surface area contributed by atoms with E-state index in [1.165, 1.54) is 11.8 Å². The fourth-order valence-corrected chi connectivity index (χ4v) is 1.58. The van der Waals surface area contributed by atoms with Gasteiger partial charge < -0.3 is 4.74 Å². The van der Waals surface area contributed by atoms with E-state index in [1.54, 1.807) is 6.92 Å². The highest BCUT2D eigenvalue weighted by Crippen LogP contribution is 2.13. The summed E-state index contributed by atoms with van der Waals surface area (Å²) in [5, 5.41) is -0.180. The molecule has 0 bridgehead atoms. The zero-order chi connectivity index (χ0) is 11.0. The Morgan fingerprint density at radius 2 is 2.07 bits per heavy atom. The minimum Gasteiger partial charge on any atom is -0.465 e. The number of alkyl halides is 1. The zero-order valence-electron chi connectivity index (χ0n) is 9.09. The molecule has 1 unspecified atom stereocenters. The molecule has 14 heavy (non-hydrogen) atoms. The van der Waals surface area contributed by atoms with Gasteiger partial charge in [-0.1, -0.05) is 13.8 Å². The number of ether oxygens (including phenoxy) is 1. The molecule has 0 aliphatic carbocycles. The van der Waals surface area contributed by atoms with Crippen LogP contribution in [0.2, 0.25) is 0 Å². The average molecular weight is 222 g/mol. The second-order valence-electron chi connectivity index (χ2n) is 3.58. The Kier molecular flexibility index (Phi) is 7.95. The van der Waals surface area contributed by atoms with E-state index in [-0.39, 0.29) is 17.9 Å². The van der Waals surface area contributed by atoms with Crippen molar-refractivity contribution in [1.82, 2.24) is 0 Å². The predicted molar refractivity (Wildman–Crippen MR) is 58.3 cm³/mol. The van der Waals surface area contributed by atoms with E-state index in [0.29, 0.717) is 24.7 Å². The van der Waals surface area contributed by atoms with Crippen LogP contribution in [0.25, 0.3) is 0 Å². The number of carbonyl (C=O) groups is 1. The van der Waals surface area contributed by atoms with Crippen molar-refractivity contribution in [3.05, 3.63) is 0 Å². The Labute approximate surface area is 89.6 Å². The quantitative estimate of drug-likeness (QED) is 0.489. The van der Waals surface area contributed by atoms with E-state index in [0.717, 1.165) is 0 Å². The molecule has 0 N–H and O–H groups in total. The monoisotopic (exact) mass is 222 g/mol. The molecular weight excluding hydrogens is 203 g/mol. The van der Waals surface area contributed by atoms with Crippen molar-refractivity contribution in [2.45, 2.75) is 32.4 Å². The molecule has 0 saturated heterocycles. The van der Waals surface area contributed by atoms with E-state index >= 15 is 0 Å². The third-order valence-corrected chi connectivity index (χ3v) is 2.75. The van der Waals surface area contributed by atoms with Crippen molar-refractivity contribution in [2.24, 2.45) is 5.92 Å². The van der Waals surface area contributed by atoms with E-state index < -0.39 is 0 Å². The number of hydrogen-bond acceptors (Lipinski definition) is 3. The van der Waals surface area contributed by atoms with E-state index in [2.05, 4.69) is 0 Å². The van der Waals surface area contributed by atoms with Crippen molar-refractivity contribution in [1.29, 1.82) is 0 Å². The van der Waals surface area contributed by atoms with Crippen molar-refractivity contribution in [3.8, 4) is 0 Å². The fourth-order valence-electron chi connectivity index (χ4n) is 0.749. The standard InChI is InChI=1S/C10H19FO2S/c1-8(2)7-13-10(12)9(3)14-6-4-5-11/h8-9H,4-7H2,1-3H3. The van der Waals surface area contributed by atoms with Gasteiger partial charge in [0.15, 0.2) is 0 Å². The van der Waals surface area contributed by atoms with E-state index in [1.807, 2.05) is 13.8 Å². The van der Waals surface area contributed by atoms with Crippen LogP contribution in [0.1, 0.15) is 27.2 Å². The molecule has 4 heteroatoms.